The summed E-state index contributed by atoms with van der Waals surface area (Å²) in [6.07, 6.45) is 2.76. The number of amides is 1. The Hall–Kier alpha value is -1.11. The SMILES string of the molecule is NS(=O)(=O)c1ccc(Cl)c(NC(=O)C2CCC2)c1. The molecule has 0 radical (unpaired) electrons. The van der Waals surface area contributed by atoms with Gasteiger partial charge in [0.2, 0.25) is 15.9 Å². The second-order valence-electron chi connectivity index (χ2n) is 4.30. The Balaban J connectivity index is 2.23. The minimum atomic E-state index is -3.80. The predicted molar refractivity (Wildman–Crippen MR) is 68.8 cm³/mol. The largest absolute Gasteiger partial charge is 0.324 e. The number of sulfonamides is 1. The van der Waals surface area contributed by atoms with Gasteiger partial charge in [-0.1, -0.05) is 18.0 Å². The minimum Gasteiger partial charge on any atom is -0.324 e. The van der Waals surface area contributed by atoms with Gasteiger partial charge in [0.05, 0.1) is 15.6 Å². The molecule has 3 N–H and O–H groups in total. The number of benzene rings is 1. The first kappa shape index (κ1) is 13.3. The molecule has 1 aliphatic carbocycles. The molecule has 1 aromatic carbocycles. The van der Waals surface area contributed by atoms with E-state index in [2.05, 4.69) is 5.32 Å². The van der Waals surface area contributed by atoms with E-state index in [1.165, 1.54) is 18.2 Å². The Labute approximate surface area is 110 Å². The van der Waals surface area contributed by atoms with Gasteiger partial charge in [-0.3, -0.25) is 4.79 Å². The maximum atomic E-state index is 11.8. The van der Waals surface area contributed by atoms with Gasteiger partial charge < -0.3 is 5.32 Å². The lowest BCUT2D eigenvalue weighted by molar-refractivity contribution is -0.122. The monoisotopic (exact) mass is 288 g/mol. The molecule has 7 heteroatoms. The first-order valence-corrected chi connectivity index (χ1v) is 7.43. The Bertz CT molecular complexity index is 582. The molecule has 0 bridgehead atoms. The van der Waals surface area contributed by atoms with E-state index in [1.807, 2.05) is 0 Å². The molecule has 1 aromatic rings. The molecule has 0 heterocycles. The van der Waals surface area contributed by atoms with Crippen molar-refractivity contribution in [3.63, 3.8) is 0 Å². The van der Waals surface area contributed by atoms with Gasteiger partial charge in [-0.05, 0) is 31.0 Å². The predicted octanol–water partition coefficient (Wildman–Crippen LogP) is 1.73. The molecule has 98 valence electrons. The number of nitrogens with one attached hydrogen (secondary N) is 1. The van der Waals surface area contributed by atoms with Gasteiger partial charge in [0.1, 0.15) is 0 Å². The number of hydrogen-bond donors (Lipinski definition) is 2. The van der Waals surface area contributed by atoms with Gasteiger partial charge in [-0.25, -0.2) is 13.6 Å². The molecule has 1 amide bonds. The van der Waals surface area contributed by atoms with Gasteiger partial charge in [0.25, 0.3) is 0 Å². The fraction of sp³-hybridized carbons (Fsp3) is 0.364. The quantitative estimate of drug-likeness (QED) is 0.887. The zero-order valence-electron chi connectivity index (χ0n) is 9.52. The summed E-state index contributed by atoms with van der Waals surface area (Å²) in [4.78, 5) is 11.7. The fourth-order valence-electron chi connectivity index (χ4n) is 1.68. The Kier molecular flexibility index (Phi) is 3.61. The Morgan fingerprint density at radius 3 is 2.56 bits per heavy atom. The van der Waals surface area contributed by atoms with Crippen LogP contribution in [-0.2, 0) is 14.8 Å². The molecule has 0 saturated heterocycles. The van der Waals surface area contributed by atoms with E-state index in [9.17, 15) is 13.2 Å². The summed E-state index contributed by atoms with van der Waals surface area (Å²) in [5, 5.41) is 7.94. The van der Waals surface area contributed by atoms with Crippen LogP contribution in [0.25, 0.3) is 0 Å². The van der Waals surface area contributed by atoms with Crippen molar-refractivity contribution in [3.8, 4) is 0 Å². The van der Waals surface area contributed by atoms with Crippen LogP contribution < -0.4 is 10.5 Å². The summed E-state index contributed by atoms with van der Waals surface area (Å²) < 4.78 is 22.4. The normalized spacial score (nSPS) is 16.1. The maximum Gasteiger partial charge on any atom is 0.238 e. The van der Waals surface area contributed by atoms with E-state index in [0.717, 1.165) is 19.3 Å². The van der Waals surface area contributed by atoms with Gasteiger partial charge >= 0.3 is 0 Å². The van der Waals surface area contributed by atoms with E-state index in [-0.39, 0.29) is 27.4 Å². The van der Waals surface area contributed by atoms with Gasteiger partial charge in [0, 0.05) is 5.92 Å². The molecular weight excluding hydrogens is 276 g/mol. The van der Waals surface area contributed by atoms with Crippen LogP contribution in [0.4, 0.5) is 5.69 Å². The lowest BCUT2D eigenvalue weighted by atomic mass is 9.85. The first-order valence-electron chi connectivity index (χ1n) is 5.51. The molecule has 1 saturated carbocycles. The lowest BCUT2D eigenvalue weighted by Gasteiger charge is -2.24. The Morgan fingerprint density at radius 2 is 2.06 bits per heavy atom. The van der Waals surface area contributed by atoms with Crippen LogP contribution in [0.2, 0.25) is 5.02 Å². The highest BCUT2D eigenvalue weighted by molar-refractivity contribution is 7.89. The van der Waals surface area contributed by atoms with Crippen molar-refractivity contribution in [1.82, 2.24) is 0 Å². The summed E-state index contributed by atoms with van der Waals surface area (Å²) in [7, 11) is -3.80. The number of primary sulfonamides is 1. The smallest absolute Gasteiger partial charge is 0.238 e. The highest BCUT2D eigenvalue weighted by Gasteiger charge is 2.25. The second kappa shape index (κ2) is 4.87. The zero-order valence-corrected chi connectivity index (χ0v) is 11.1. The first-order chi connectivity index (χ1) is 8.38. The van der Waals surface area contributed by atoms with E-state index < -0.39 is 10.0 Å². The number of rotatable bonds is 3. The molecule has 2 rings (SSSR count). The van der Waals surface area contributed by atoms with E-state index in [4.69, 9.17) is 16.7 Å². The fourth-order valence-corrected chi connectivity index (χ4v) is 2.39. The topological polar surface area (TPSA) is 89.3 Å². The van der Waals surface area contributed by atoms with Crippen LogP contribution in [0.15, 0.2) is 23.1 Å². The summed E-state index contributed by atoms with van der Waals surface area (Å²) in [6, 6.07) is 3.97. The summed E-state index contributed by atoms with van der Waals surface area (Å²) in [5.74, 6) is -0.131. The van der Waals surface area contributed by atoms with Crippen molar-refractivity contribution >= 4 is 33.2 Å². The number of nitrogens with two attached hydrogens (primary N) is 1. The third-order valence-corrected chi connectivity index (χ3v) is 4.24. The molecule has 0 spiro atoms. The third-order valence-electron chi connectivity index (χ3n) is 3.00. The van der Waals surface area contributed by atoms with Crippen LogP contribution in [0.5, 0.6) is 0 Å². The second-order valence-corrected chi connectivity index (χ2v) is 6.27. The van der Waals surface area contributed by atoms with Gasteiger partial charge in [-0.15, -0.1) is 0 Å². The highest BCUT2D eigenvalue weighted by atomic mass is 35.5. The molecule has 0 aliphatic heterocycles. The number of carbonyl (C=O) groups excluding carboxylic acids is 1. The molecule has 18 heavy (non-hydrogen) atoms. The summed E-state index contributed by atoms with van der Waals surface area (Å²) >= 11 is 5.91. The third kappa shape index (κ3) is 2.82. The minimum absolute atomic E-state index is 0.000735. The van der Waals surface area contributed by atoms with Crippen molar-refractivity contribution in [1.29, 1.82) is 0 Å². The standard InChI is InChI=1S/C11H13ClN2O3S/c12-9-5-4-8(18(13,16)17)6-10(9)14-11(15)7-2-1-3-7/h4-7H,1-3H2,(H,14,15)(H2,13,16,17). The van der Waals surface area contributed by atoms with Crippen LogP contribution in [-0.4, -0.2) is 14.3 Å². The van der Waals surface area contributed by atoms with Crippen LogP contribution in [0, 0.1) is 5.92 Å². The maximum absolute atomic E-state index is 11.8. The summed E-state index contributed by atoms with van der Waals surface area (Å²) in [5.41, 5.74) is 0.278. The van der Waals surface area contributed by atoms with E-state index in [0.29, 0.717) is 0 Å². The number of carbonyl (C=O) groups is 1. The number of hydrogen-bond acceptors (Lipinski definition) is 3. The van der Waals surface area contributed by atoms with Gasteiger partial charge in [0.15, 0.2) is 0 Å². The van der Waals surface area contributed by atoms with Crippen LogP contribution in [0.3, 0.4) is 0 Å². The van der Waals surface area contributed by atoms with Crippen molar-refractivity contribution in [2.24, 2.45) is 11.1 Å². The molecule has 0 unspecified atom stereocenters. The molecule has 5 nitrogen and oxygen atoms in total. The van der Waals surface area contributed by atoms with Crippen LogP contribution >= 0.6 is 11.6 Å². The van der Waals surface area contributed by atoms with Crippen molar-refractivity contribution in [3.05, 3.63) is 23.2 Å². The van der Waals surface area contributed by atoms with Crippen molar-refractivity contribution < 1.29 is 13.2 Å². The molecule has 0 atom stereocenters. The van der Waals surface area contributed by atoms with E-state index in [1.54, 1.807) is 0 Å². The zero-order chi connectivity index (χ0) is 13.3. The van der Waals surface area contributed by atoms with Crippen molar-refractivity contribution in [2.75, 3.05) is 5.32 Å². The lowest BCUT2D eigenvalue weighted by Crippen LogP contribution is -2.28. The average Bonchev–Trinajstić information content (AvgIpc) is 2.16. The number of halogens is 1. The van der Waals surface area contributed by atoms with Crippen molar-refractivity contribution in [2.45, 2.75) is 24.2 Å². The molecular formula is C11H13ClN2O3S. The van der Waals surface area contributed by atoms with Gasteiger partial charge in [-0.2, -0.15) is 0 Å². The molecule has 0 aromatic heterocycles. The number of anilines is 1. The molecule has 1 fully saturated rings. The molecule has 1 aliphatic rings. The van der Waals surface area contributed by atoms with E-state index >= 15 is 0 Å². The highest BCUT2D eigenvalue weighted by Crippen LogP contribution is 2.30. The van der Waals surface area contributed by atoms with Crippen LogP contribution in [0.1, 0.15) is 19.3 Å². The summed E-state index contributed by atoms with van der Waals surface area (Å²) in [6.45, 7) is 0. The Morgan fingerprint density at radius 1 is 1.39 bits per heavy atom. The average molecular weight is 289 g/mol.